The topological polar surface area (TPSA) is 46.5 Å². The zero-order valence-electron chi connectivity index (χ0n) is 9.29. The highest BCUT2D eigenvalue weighted by atomic mass is 16.6. The van der Waals surface area contributed by atoms with Gasteiger partial charge in [-0.25, -0.2) is 0 Å². The lowest BCUT2D eigenvalue weighted by molar-refractivity contribution is -0.168. The van der Waals surface area contributed by atoms with E-state index in [-0.39, 0.29) is 5.97 Å². The lowest BCUT2D eigenvalue weighted by Gasteiger charge is -2.11. The fourth-order valence-corrected chi connectivity index (χ4v) is 1.22. The molecule has 1 unspecified atom stereocenters. The predicted octanol–water partition coefficient (Wildman–Crippen LogP) is 2.62. The molecule has 3 heteroatoms. The molecule has 0 fully saturated rings. The molecule has 1 atom stereocenters. The molecular formula is C11H22O3. The Morgan fingerprint density at radius 1 is 1.21 bits per heavy atom. The van der Waals surface area contributed by atoms with Gasteiger partial charge in [0.05, 0.1) is 0 Å². The van der Waals surface area contributed by atoms with Crippen molar-refractivity contribution < 1.29 is 14.6 Å². The Kier molecular flexibility index (Phi) is 8.64. The van der Waals surface area contributed by atoms with E-state index in [4.69, 9.17) is 4.74 Å². The van der Waals surface area contributed by atoms with Crippen molar-refractivity contribution in [3.63, 3.8) is 0 Å². The van der Waals surface area contributed by atoms with Gasteiger partial charge in [0.1, 0.15) is 0 Å². The normalized spacial score (nSPS) is 12.5. The third-order valence-electron chi connectivity index (χ3n) is 2.03. The standard InChI is InChI=1S/C11H22O3/c1-3-5-6-7-9-11(13)14-10(12)8-4-2/h11,13H,3-9H2,1-2H3. The second kappa shape index (κ2) is 9.00. The van der Waals surface area contributed by atoms with Gasteiger partial charge in [-0.15, -0.1) is 0 Å². The summed E-state index contributed by atoms with van der Waals surface area (Å²) < 4.78 is 4.79. The Bertz CT molecular complexity index is 145. The summed E-state index contributed by atoms with van der Waals surface area (Å²) in [6.07, 6.45) is 5.20. The van der Waals surface area contributed by atoms with E-state index in [1.165, 1.54) is 12.8 Å². The minimum Gasteiger partial charge on any atom is -0.436 e. The van der Waals surface area contributed by atoms with Gasteiger partial charge in [-0.3, -0.25) is 4.79 Å². The van der Waals surface area contributed by atoms with Gasteiger partial charge in [0.2, 0.25) is 6.29 Å². The first-order valence-electron chi connectivity index (χ1n) is 5.58. The Labute approximate surface area is 86.5 Å². The molecule has 0 aliphatic carbocycles. The molecule has 0 aromatic rings. The number of esters is 1. The van der Waals surface area contributed by atoms with Crippen LogP contribution in [0.5, 0.6) is 0 Å². The van der Waals surface area contributed by atoms with E-state index in [1.807, 2.05) is 6.92 Å². The van der Waals surface area contributed by atoms with Gasteiger partial charge in [0, 0.05) is 12.8 Å². The van der Waals surface area contributed by atoms with E-state index >= 15 is 0 Å². The van der Waals surface area contributed by atoms with Crippen molar-refractivity contribution in [1.82, 2.24) is 0 Å². The molecule has 0 saturated carbocycles. The number of rotatable bonds is 8. The van der Waals surface area contributed by atoms with Gasteiger partial charge < -0.3 is 9.84 Å². The Hall–Kier alpha value is -0.570. The number of unbranched alkanes of at least 4 members (excludes halogenated alkanes) is 3. The van der Waals surface area contributed by atoms with Crippen molar-refractivity contribution >= 4 is 5.97 Å². The van der Waals surface area contributed by atoms with Gasteiger partial charge in [-0.05, 0) is 12.8 Å². The molecule has 0 heterocycles. The third-order valence-corrected chi connectivity index (χ3v) is 2.03. The second-order valence-electron chi connectivity index (χ2n) is 3.54. The van der Waals surface area contributed by atoms with Crippen LogP contribution in [-0.2, 0) is 9.53 Å². The molecule has 1 N–H and O–H groups in total. The summed E-state index contributed by atoms with van der Waals surface area (Å²) in [4.78, 5) is 11.0. The van der Waals surface area contributed by atoms with Crippen LogP contribution in [0.1, 0.15) is 58.8 Å². The minimum atomic E-state index is -0.897. The maximum absolute atomic E-state index is 11.0. The van der Waals surface area contributed by atoms with Crippen LogP contribution in [0.2, 0.25) is 0 Å². The number of aliphatic hydroxyl groups excluding tert-OH is 1. The molecule has 0 radical (unpaired) electrons. The average molecular weight is 202 g/mol. The second-order valence-corrected chi connectivity index (χ2v) is 3.54. The zero-order valence-corrected chi connectivity index (χ0v) is 9.29. The monoisotopic (exact) mass is 202 g/mol. The molecule has 84 valence electrons. The maximum Gasteiger partial charge on any atom is 0.308 e. The van der Waals surface area contributed by atoms with Crippen molar-refractivity contribution in [3.05, 3.63) is 0 Å². The first-order valence-corrected chi connectivity index (χ1v) is 5.58. The van der Waals surface area contributed by atoms with Crippen LogP contribution in [0.25, 0.3) is 0 Å². The minimum absolute atomic E-state index is 0.296. The summed E-state index contributed by atoms with van der Waals surface area (Å²) in [6, 6.07) is 0. The maximum atomic E-state index is 11.0. The number of aliphatic hydroxyl groups is 1. The molecule has 0 aromatic carbocycles. The fourth-order valence-electron chi connectivity index (χ4n) is 1.22. The van der Waals surface area contributed by atoms with E-state index in [0.29, 0.717) is 12.8 Å². The summed E-state index contributed by atoms with van der Waals surface area (Å²) >= 11 is 0. The van der Waals surface area contributed by atoms with E-state index in [1.54, 1.807) is 0 Å². The lowest BCUT2D eigenvalue weighted by atomic mass is 10.1. The van der Waals surface area contributed by atoms with Crippen LogP contribution in [0.15, 0.2) is 0 Å². The molecular weight excluding hydrogens is 180 g/mol. The Morgan fingerprint density at radius 2 is 1.93 bits per heavy atom. The van der Waals surface area contributed by atoms with Crippen molar-refractivity contribution in [2.24, 2.45) is 0 Å². The smallest absolute Gasteiger partial charge is 0.308 e. The van der Waals surface area contributed by atoms with Crippen LogP contribution >= 0.6 is 0 Å². The summed E-state index contributed by atoms with van der Waals surface area (Å²) in [5.74, 6) is -0.296. The van der Waals surface area contributed by atoms with E-state index in [9.17, 15) is 9.90 Å². The Morgan fingerprint density at radius 3 is 2.50 bits per heavy atom. The van der Waals surface area contributed by atoms with Gasteiger partial charge in [-0.1, -0.05) is 33.1 Å². The first kappa shape index (κ1) is 13.4. The van der Waals surface area contributed by atoms with Crippen molar-refractivity contribution in [2.45, 2.75) is 65.1 Å². The summed E-state index contributed by atoms with van der Waals surface area (Å²) in [5, 5.41) is 9.30. The summed E-state index contributed by atoms with van der Waals surface area (Å²) in [6.45, 7) is 4.05. The Balaban J connectivity index is 3.35. The molecule has 0 saturated heterocycles. The van der Waals surface area contributed by atoms with E-state index in [2.05, 4.69) is 6.92 Å². The quantitative estimate of drug-likeness (QED) is 0.374. The fraction of sp³-hybridized carbons (Fsp3) is 0.909. The number of carbonyl (C=O) groups is 1. The molecule has 0 aliphatic heterocycles. The van der Waals surface area contributed by atoms with E-state index < -0.39 is 6.29 Å². The van der Waals surface area contributed by atoms with Crippen molar-refractivity contribution in [2.75, 3.05) is 0 Å². The highest BCUT2D eigenvalue weighted by molar-refractivity contribution is 5.69. The largest absolute Gasteiger partial charge is 0.436 e. The molecule has 0 aliphatic rings. The highest BCUT2D eigenvalue weighted by Gasteiger charge is 2.09. The molecule has 0 aromatic heterocycles. The molecule has 0 rings (SSSR count). The van der Waals surface area contributed by atoms with Gasteiger partial charge in [0.25, 0.3) is 0 Å². The predicted molar refractivity (Wildman–Crippen MR) is 55.8 cm³/mol. The summed E-state index contributed by atoms with van der Waals surface area (Å²) in [5.41, 5.74) is 0. The van der Waals surface area contributed by atoms with E-state index in [0.717, 1.165) is 19.3 Å². The zero-order chi connectivity index (χ0) is 10.8. The SMILES string of the molecule is CCCCCCC(O)OC(=O)CCC. The number of hydrogen-bond acceptors (Lipinski definition) is 3. The van der Waals surface area contributed by atoms with Crippen LogP contribution in [0, 0.1) is 0 Å². The van der Waals surface area contributed by atoms with Gasteiger partial charge in [0.15, 0.2) is 0 Å². The van der Waals surface area contributed by atoms with Crippen LogP contribution < -0.4 is 0 Å². The number of ether oxygens (including phenoxy) is 1. The average Bonchev–Trinajstić information content (AvgIpc) is 2.13. The number of hydrogen-bond donors (Lipinski definition) is 1. The van der Waals surface area contributed by atoms with Crippen molar-refractivity contribution in [1.29, 1.82) is 0 Å². The van der Waals surface area contributed by atoms with Crippen molar-refractivity contribution in [3.8, 4) is 0 Å². The van der Waals surface area contributed by atoms with Crippen LogP contribution in [0.4, 0.5) is 0 Å². The molecule has 0 spiro atoms. The molecule has 0 bridgehead atoms. The van der Waals surface area contributed by atoms with Gasteiger partial charge in [-0.2, -0.15) is 0 Å². The summed E-state index contributed by atoms with van der Waals surface area (Å²) in [7, 11) is 0. The van der Waals surface area contributed by atoms with Gasteiger partial charge >= 0.3 is 5.97 Å². The molecule has 14 heavy (non-hydrogen) atoms. The van der Waals surface area contributed by atoms with Crippen LogP contribution in [-0.4, -0.2) is 17.4 Å². The molecule has 3 nitrogen and oxygen atoms in total. The highest BCUT2D eigenvalue weighted by Crippen LogP contribution is 2.07. The third kappa shape index (κ3) is 8.05. The van der Waals surface area contributed by atoms with Crippen LogP contribution in [0.3, 0.4) is 0 Å². The molecule has 0 amide bonds. The number of carbonyl (C=O) groups excluding carboxylic acids is 1. The first-order chi connectivity index (χ1) is 6.70. The lowest BCUT2D eigenvalue weighted by Crippen LogP contribution is -2.17.